The number of aromatic nitrogens is 2. The highest BCUT2D eigenvalue weighted by Crippen LogP contribution is 2.36. The molecule has 0 N–H and O–H groups in total. The quantitative estimate of drug-likeness (QED) is 0.0428. The number of fused-ring (bicyclic) bond motifs is 2. The summed E-state index contributed by atoms with van der Waals surface area (Å²) >= 11 is 0.574. The molecular weight excluding hydrogens is 1420 g/mol. The normalized spacial score (nSPS) is 19.2. The van der Waals surface area contributed by atoms with Crippen molar-refractivity contribution in [1.29, 1.82) is 0 Å². The summed E-state index contributed by atoms with van der Waals surface area (Å²) in [5.41, 5.74) is -8.61. The molecule has 0 bridgehead atoms. The summed E-state index contributed by atoms with van der Waals surface area (Å²) in [7, 11) is -6.69. The van der Waals surface area contributed by atoms with E-state index in [1.54, 1.807) is 0 Å². The van der Waals surface area contributed by atoms with Crippen molar-refractivity contribution in [1.82, 2.24) is 28.7 Å². The van der Waals surface area contributed by atoms with Crippen molar-refractivity contribution in [3.05, 3.63) is 270 Å². The van der Waals surface area contributed by atoms with Gasteiger partial charge in [0.2, 0.25) is 11.8 Å². The van der Waals surface area contributed by atoms with Crippen molar-refractivity contribution in [2.45, 2.75) is 112 Å². The number of halogens is 10. The average Bonchev–Trinajstić information content (AvgIpc) is 0.729. The van der Waals surface area contributed by atoms with Crippen molar-refractivity contribution in [2.24, 2.45) is 0 Å². The largest absolute Gasteiger partial charge is 0.416 e. The highest BCUT2D eigenvalue weighted by Gasteiger charge is 2.34. The molecule has 2 aliphatic rings. The van der Waals surface area contributed by atoms with Gasteiger partial charge >= 0.3 is 12.4 Å². The Labute approximate surface area is 655 Å². The fourth-order valence-electron chi connectivity index (χ4n) is 11.6. The number of pyridine rings is 2. The van der Waals surface area contributed by atoms with Crippen LogP contribution in [0.1, 0.15) is 109 Å². The zero-order chi connectivity index (χ0) is 99.9. The van der Waals surface area contributed by atoms with E-state index in [2.05, 4.69) is 9.47 Å². The van der Waals surface area contributed by atoms with Gasteiger partial charge in [-0.25, -0.2) is 17.6 Å². The molecule has 2 fully saturated rings. The van der Waals surface area contributed by atoms with Gasteiger partial charge in [0.1, 0.15) is 13.1 Å². The molecule has 12 rings (SSSR count). The highest BCUT2D eigenvalue weighted by atomic mass is 32.2. The predicted molar refractivity (Wildman–Crippen MR) is 395 cm³/mol. The number of hydrogen-bond donors (Lipinski definition) is 0. The van der Waals surface area contributed by atoms with Gasteiger partial charge in [-0.05, 0) is 133 Å². The minimum Gasteiger partial charge on any atom is -0.383 e. The third kappa shape index (κ3) is 19.6. The van der Waals surface area contributed by atoms with Gasteiger partial charge in [0.05, 0.1) is 75.5 Å². The molecule has 8 aromatic carbocycles. The van der Waals surface area contributed by atoms with Gasteiger partial charge in [-0.2, -0.15) is 26.3 Å². The van der Waals surface area contributed by atoms with Crippen LogP contribution in [0.4, 0.5) is 43.9 Å². The summed E-state index contributed by atoms with van der Waals surface area (Å²) in [6.45, 7) is -19.9. The molecule has 0 saturated carbocycles. The molecule has 0 spiro atoms. The van der Waals surface area contributed by atoms with E-state index in [0.29, 0.717) is 45.0 Å². The van der Waals surface area contributed by atoms with Crippen LogP contribution in [0.25, 0.3) is 44.1 Å². The maximum atomic E-state index is 15.1. The van der Waals surface area contributed by atoms with Crippen molar-refractivity contribution in [3.8, 4) is 22.3 Å². The number of methoxy groups -OCH3 is 2. The van der Waals surface area contributed by atoms with E-state index in [1.165, 1.54) is 98.8 Å². The number of hydrogen-bond acceptors (Lipinski definition) is 10. The minimum atomic E-state index is -4.62. The first-order valence-electron chi connectivity index (χ1n) is 46.3. The maximum Gasteiger partial charge on any atom is 0.416 e. The fourth-order valence-corrected chi connectivity index (χ4v) is 13.4. The van der Waals surface area contributed by atoms with Crippen LogP contribution >= 0.6 is 23.5 Å². The first kappa shape index (κ1) is 49.0. The van der Waals surface area contributed by atoms with Crippen LogP contribution in [0.3, 0.4) is 0 Å². The van der Waals surface area contributed by atoms with Gasteiger partial charge < -0.3 is 38.2 Å². The first-order valence-corrected chi connectivity index (χ1v) is 34.1. The van der Waals surface area contributed by atoms with Crippen molar-refractivity contribution in [2.75, 3.05) is 66.4 Å². The third-order valence-corrected chi connectivity index (χ3v) is 18.9. The topological polar surface area (TPSA) is 110 Å². The predicted octanol–water partition coefficient (Wildman–Crippen LogP) is 17.4. The summed E-state index contributed by atoms with van der Waals surface area (Å²) < 4.78 is 386. The molecule has 4 heterocycles. The van der Waals surface area contributed by atoms with E-state index in [9.17, 15) is 54.6 Å². The zero-order valence-electron chi connectivity index (χ0n) is 83.9. The first-order chi connectivity index (χ1) is 61.7. The van der Waals surface area contributed by atoms with Crippen LogP contribution in [0.5, 0.6) is 0 Å². The summed E-state index contributed by atoms with van der Waals surface area (Å²) in [4.78, 5) is 61.3. The van der Waals surface area contributed by atoms with E-state index in [-0.39, 0.29) is 83.4 Å². The number of nitrogens with zero attached hydrogens (tertiary/aromatic N) is 6. The number of thioether (sulfide) groups is 2. The van der Waals surface area contributed by atoms with Crippen molar-refractivity contribution < 1.29 is 101 Å². The Morgan fingerprint density at radius 2 is 0.896 bits per heavy atom. The summed E-state index contributed by atoms with van der Waals surface area (Å²) in [5, 5.41) is -2.28. The number of rotatable bonds is 24. The molecule has 0 aliphatic carbocycles. The molecule has 556 valence electrons. The molecule has 2 amide bonds. The van der Waals surface area contributed by atoms with Crippen LogP contribution in [-0.4, -0.2) is 119 Å². The number of benzene rings is 8. The van der Waals surface area contributed by atoms with Crippen LogP contribution < -0.4 is 10.9 Å². The average molecular weight is 1530 g/mol. The Kier molecular flexibility index (Phi) is 16.2. The van der Waals surface area contributed by atoms with Crippen LogP contribution in [-0.2, 0) is 69.0 Å². The Morgan fingerprint density at radius 3 is 1.29 bits per heavy atom. The lowest BCUT2D eigenvalue weighted by atomic mass is 10.00. The zero-order valence-corrected chi connectivity index (χ0v) is 57.5. The number of likely N-dealkylation sites (tertiary alicyclic amines) is 2. The van der Waals surface area contributed by atoms with E-state index in [0.717, 1.165) is 66.3 Å². The maximum absolute atomic E-state index is 15.1. The minimum absolute atomic E-state index is 0.0337. The highest BCUT2D eigenvalue weighted by molar-refractivity contribution is 7.98. The lowest BCUT2D eigenvalue weighted by Crippen LogP contribution is -2.48. The van der Waals surface area contributed by atoms with E-state index >= 15 is 14.0 Å². The lowest BCUT2D eigenvalue weighted by molar-refractivity contribution is -0.138. The Hall–Kier alpha value is -9.04. The van der Waals surface area contributed by atoms with Gasteiger partial charge in [-0.15, -0.1) is 23.5 Å². The molecule has 2 aromatic heterocycles. The van der Waals surface area contributed by atoms with Crippen LogP contribution in [0, 0.1) is 37.1 Å². The second-order valence-electron chi connectivity index (χ2n) is 24.1. The molecule has 2 aliphatic heterocycles. The number of carbonyl (C=O) groups is 2. The van der Waals surface area contributed by atoms with E-state index in [1.807, 2.05) is 0 Å². The number of amides is 2. The Morgan fingerprint density at radius 1 is 0.519 bits per heavy atom. The standard InChI is InChI=1S/2C41H40F5N3O3S/c2*1-27-6-15-36-34(22-27)37(50)23-39(53-26-31-4-3-5-35(42)40(31)43)49(36)25-38(51)48(33-16-18-47(19-17-33)20-21-52-2)24-28-7-9-29(10-8-28)30-11-13-32(14-12-30)41(44,45)46/h2*3-15,22-23,33H,16-21,24-26H2,1-2H3/i2D3,6D,15D,20D2,21D2,22D,23D,24D2,26D2;2D3,6D,15D,20D2,21D2,22D,23D,24D2. The molecule has 12 nitrogen and oxygen atoms in total. The fraction of sp³-hybridized carbons (Fsp3) is 0.317. The SMILES string of the molecule is [2H]c1c(C)c([2H])c2c(=O)c([2H])c(SC([2H])([2H])c3cccc(F)c3F)n(CC(=O)N(C3CCN(C([2H])([2H])C([2H])([2H])OC([2H])([2H])[2H])CC3)C([2H])([2H])c3ccc(-c4ccc(C(F)(F)F)cc4)cc3)c2c1[2H].[2H]c1c(C)c([2H])c2c(=O)c([2H])c(SCc3cccc(F)c3F)n(CC(=O)N(C3CCN(C([2H])([2H])C([2H])([2H])OC([2H])([2H])[2H])CC3)C([2H])([2H])c3ccc(-c4ccc(C(F)(F)F)cc4)cc3)c2c1[2H]. The molecule has 2 saturated heterocycles. The van der Waals surface area contributed by atoms with Crippen LogP contribution in [0.15, 0.2) is 201 Å². The van der Waals surface area contributed by atoms with Gasteiger partial charge in [-0.1, -0.05) is 120 Å². The van der Waals surface area contributed by atoms with Gasteiger partial charge in [-0.3, -0.25) is 19.2 Å². The van der Waals surface area contributed by atoms with Crippen LogP contribution in [0.2, 0.25) is 0 Å². The van der Waals surface area contributed by atoms with Crippen molar-refractivity contribution in [3.63, 3.8) is 0 Å². The second-order valence-corrected chi connectivity index (χ2v) is 25.8. The van der Waals surface area contributed by atoms with Gasteiger partial charge in [0.25, 0.3) is 0 Å². The number of alkyl halides is 6. The molecule has 0 unspecified atom stereocenters. The Bertz CT molecular complexity index is 6270. The third-order valence-electron chi connectivity index (χ3n) is 17.0. The second kappa shape index (κ2) is 35.1. The smallest absolute Gasteiger partial charge is 0.383 e. The Balaban J connectivity index is 0.000000258. The summed E-state index contributed by atoms with van der Waals surface area (Å²) in [6.07, 6.45) is -10.4. The number of ether oxygens (including phenoxy) is 2. The molecule has 0 radical (unpaired) electrons. The molecular formula is C82H80F10N6O6S2. The van der Waals surface area contributed by atoms with E-state index in [4.69, 9.17) is 32.9 Å². The molecule has 0 atom stereocenters. The molecule has 106 heavy (non-hydrogen) atoms. The van der Waals surface area contributed by atoms with Gasteiger partial charge in [0.15, 0.2) is 34.1 Å². The van der Waals surface area contributed by atoms with Gasteiger partial charge in [0, 0.05) is 132 Å². The number of piperidine rings is 2. The molecule has 10 aromatic rings. The van der Waals surface area contributed by atoms with E-state index < -0.39 is 253 Å². The molecule has 24 heteroatoms. The van der Waals surface area contributed by atoms with Crippen molar-refractivity contribution >= 4 is 57.1 Å². The lowest BCUT2D eigenvalue weighted by Gasteiger charge is -2.39. The monoisotopic (exact) mass is 1530 g/mol. The summed E-state index contributed by atoms with van der Waals surface area (Å²) in [5.74, 6) is -8.24. The summed E-state index contributed by atoms with van der Waals surface area (Å²) in [6, 6.07) is 16.9. The number of carbonyl (C=O) groups excluding carboxylic acids is 2.